The largest absolute Gasteiger partial charge is 0.495 e. The van der Waals surface area contributed by atoms with Gasteiger partial charge in [-0.05, 0) is 65.7 Å². The second-order valence-electron chi connectivity index (χ2n) is 7.71. The molecule has 0 bridgehead atoms. The van der Waals surface area contributed by atoms with Gasteiger partial charge in [-0.15, -0.1) is 0 Å². The van der Waals surface area contributed by atoms with Crippen LogP contribution in [0.25, 0.3) is 5.57 Å². The molecule has 5 nitrogen and oxygen atoms in total. The highest BCUT2D eigenvalue weighted by molar-refractivity contribution is 9.10. The summed E-state index contributed by atoms with van der Waals surface area (Å²) in [6.07, 6.45) is -1.02. The summed E-state index contributed by atoms with van der Waals surface area (Å²) in [4.78, 5) is 4.67. The zero-order chi connectivity index (χ0) is 21.4. The first kappa shape index (κ1) is 21.2. The third-order valence-corrected chi connectivity index (χ3v) is 6.75. The number of piperazine rings is 1. The number of benzene rings is 2. The third kappa shape index (κ3) is 3.94. The highest BCUT2D eigenvalue weighted by Crippen LogP contribution is 2.38. The topological polar surface area (TPSA) is 45.2 Å². The first-order valence-electron chi connectivity index (χ1n) is 10.1. The van der Waals surface area contributed by atoms with E-state index in [-0.39, 0.29) is 11.9 Å². The second kappa shape index (κ2) is 8.57. The first-order valence-corrected chi connectivity index (χ1v) is 10.9. The van der Waals surface area contributed by atoms with Crippen molar-refractivity contribution >= 4 is 27.2 Å². The van der Waals surface area contributed by atoms with Gasteiger partial charge in [0.25, 0.3) is 0 Å². The van der Waals surface area contributed by atoms with E-state index < -0.39 is 6.29 Å². The number of hydrogen-bond donors (Lipinski definition) is 1. The average Bonchev–Trinajstić information content (AvgIpc) is 2.75. The smallest absolute Gasteiger partial charge is 0.222 e. The van der Waals surface area contributed by atoms with E-state index in [0.717, 1.165) is 53.2 Å². The number of fused-ring (bicyclic) bond motifs is 1. The van der Waals surface area contributed by atoms with E-state index in [9.17, 15) is 9.50 Å². The lowest BCUT2D eigenvalue weighted by molar-refractivity contribution is -0.000225. The van der Waals surface area contributed by atoms with Crippen molar-refractivity contribution in [3.63, 3.8) is 0 Å². The molecular formula is C23H26BrFN2O3. The average molecular weight is 477 g/mol. The van der Waals surface area contributed by atoms with Crippen molar-refractivity contribution < 1.29 is 19.0 Å². The summed E-state index contributed by atoms with van der Waals surface area (Å²) in [5.74, 6) is 1.03. The summed E-state index contributed by atoms with van der Waals surface area (Å²) in [5, 5.41) is 10.6. The number of anilines is 1. The van der Waals surface area contributed by atoms with Crippen LogP contribution in [-0.4, -0.2) is 55.6 Å². The minimum atomic E-state index is -1.02. The van der Waals surface area contributed by atoms with Gasteiger partial charge in [0.05, 0.1) is 11.6 Å². The molecule has 7 heteroatoms. The predicted octanol–water partition coefficient (Wildman–Crippen LogP) is 4.29. The molecule has 0 aromatic heterocycles. The molecule has 2 aliphatic rings. The summed E-state index contributed by atoms with van der Waals surface area (Å²) >= 11 is 3.50. The number of nitrogens with zero attached hydrogens (tertiary/aromatic N) is 2. The van der Waals surface area contributed by atoms with Crippen molar-refractivity contribution in [3.8, 4) is 11.5 Å². The maximum atomic E-state index is 13.8. The molecule has 2 heterocycles. The maximum absolute atomic E-state index is 13.8. The Hall–Kier alpha value is -2.09. The van der Waals surface area contributed by atoms with Crippen molar-refractivity contribution in [3.05, 3.63) is 57.8 Å². The van der Waals surface area contributed by atoms with E-state index in [1.54, 1.807) is 13.2 Å². The number of aliphatic hydroxyl groups excluding tert-OH is 1. The minimum absolute atomic E-state index is 0.0157. The van der Waals surface area contributed by atoms with Crippen LogP contribution < -0.4 is 14.4 Å². The number of halogens is 2. The lowest BCUT2D eigenvalue weighted by Crippen LogP contribution is -2.51. The van der Waals surface area contributed by atoms with Crippen LogP contribution in [0.15, 0.2) is 46.4 Å². The predicted molar refractivity (Wildman–Crippen MR) is 120 cm³/mol. The Morgan fingerprint density at radius 1 is 1.17 bits per heavy atom. The fourth-order valence-corrected chi connectivity index (χ4v) is 4.76. The van der Waals surface area contributed by atoms with Crippen LogP contribution in [0.2, 0.25) is 0 Å². The Bertz CT molecular complexity index is 973. The van der Waals surface area contributed by atoms with E-state index in [4.69, 9.17) is 9.47 Å². The molecule has 0 saturated carbocycles. The lowest BCUT2D eigenvalue weighted by Gasteiger charge is -2.41. The van der Waals surface area contributed by atoms with Gasteiger partial charge >= 0.3 is 0 Å². The number of hydrogen-bond acceptors (Lipinski definition) is 5. The molecule has 4 rings (SSSR count). The Kier molecular flexibility index (Phi) is 6.04. The first-order chi connectivity index (χ1) is 14.4. The highest BCUT2D eigenvalue weighted by Gasteiger charge is 2.33. The minimum Gasteiger partial charge on any atom is -0.495 e. The van der Waals surface area contributed by atoms with Crippen molar-refractivity contribution in [1.29, 1.82) is 0 Å². The van der Waals surface area contributed by atoms with E-state index in [0.29, 0.717) is 11.3 Å². The van der Waals surface area contributed by atoms with Crippen LogP contribution in [0.3, 0.4) is 0 Å². The molecule has 2 atom stereocenters. The monoisotopic (exact) mass is 476 g/mol. The Morgan fingerprint density at radius 3 is 2.60 bits per heavy atom. The van der Waals surface area contributed by atoms with E-state index in [1.165, 1.54) is 12.1 Å². The molecule has 2 unspecified atom stereocenters. The van der Waals surface area contributed by atoms with Gasteiger partial charge in [0.1, 0.15) is 17.3 Å². The van der Waals surface area contributed by atoms with Gasteiger partial charge in [-0.1, -0.05) is 0 Å². The SMILES string of the molecule is COc1cc(N2CCN(C(C)C3=C(C)c4cc(F)ccc4OC3O)CC2)ccc1Br. The number of rotatable bonds is 4. The van der Waals surface area contributed by atoms with Crippen molar-refractivity contribution in [2.75, 3.05) is 38.2 Å². The van der Waals surface area contributed by atoms with E-state index in [1.807, 2.05) is 19.1 Å². The molecule has 1 fully saturated rings. The molecule has 2 aromatic carbocycles. The number of allylic oxidation sites excluding steroid dienone is 1. The Labute approximate surface area is 184 Å². The van der Waals surface area contributed by atoms with Gasteiger partial charge in [0.2, 0.25) is 6.29 Å². The molecule has 2 aliphatic heterocycles. The van der Waals surface area contributed by atoms with Crippen LogP contribution in [-0.2, 0) is 0 Å². The Morgan fingerprint density at radius 2 is 1.90 bits per heavy atom. The van der Waals surface area contributed by atoms with Crippen molar-refractivity contribution in [2.24, 2.45) is 0 Å². The summed E-state index contributed by atoms with van der Waals surface area (Å²) < 4.78 is 25.8. The zero-order valence-corrected chi connectivity index (χ0v) is 18.9. The molecule has 2 aromatic rings. The molecule has 0 amide bonds. The summed E-state index contributed by atoms with van der Waals surface area (Å²) in [5.41, 5.74) is 3.52. The van der Waals surface area contributed by atoms with Crippen LogP contribution in [0.4, 0.5) is 10.1 Å². The van der Waals surface area contributed by atoms with Crippen LogP contribution in [0, 0.1) is 5.82 Å². The quantitative estimate of drug-likeness (QED) is 0.712. The van der Waals surface area contributed by atoms with Gasteiger partial charge in [-0.2, -0.15) is 0 Å². The molecule has 160 valence electrons. The van der Waals surface area contributed by atoms with Crippen LogP contribution in [0.5, 0.6) is 11.5 Å². The van der Waals surface area contributed by atoms with Crippen LogP contribution >= 0.6 is 15.9 Å². The molecule has 0 radical (unpaired) electrons. The number of ether oxygens (including phenoxy) is 2. The fraction of sp³-hybridized carbons (Fsp3) is 0.391. The van der Waals surface area contributed by atoms with E-state index in [2.05, 4.69) is 38.7 Å². The summed E-state index contributed by atoms with van der Waals surface area (Å²) in [6.45, 7) is 7.43. The van der Waals surface area contributed by atoms with Gasteiger partial charge in [-0.25, -0.2) is 4.39 Å². The molecule has 1 N–H and O–H groups in total. The third-order valence-electron chi connectivity index (χ3n) is 6.10. The molecular weight excluding hydrogens is 451 g/mol. The molecule has 30 heavy (non-hydrogen) atoms. The van der Waals surface area contributed by atoms with Gasteiger partial charge in [-0.3, -0.25) is 4.90 Å². The van der Waals surface area contributed by atoms with Gasteiger partial charge in [0, 0.05) is 55.1 Å². The standard InChI is InChI=1S/C23H26BrFN2O3/c1-14-18-12-16(25)4-7-20(18)30-23(28)22(14)15(2)26-8-10-27(11-9-26)17-5-6-19(24)21(13-17)29-3/h4-7,12-13,15,23,28H,8-11H2,1-3H3. The molecule has 1 saturated heterocycles. The van der Waals surface area contributed by atoms with Crippen LogP contribution in [0.1, 0.15) is 19.4 Å². The molecule has 0 aliphatic carbocycles. The fourth-order valence-electron chi connectivity index (χ4n) is 4.35. The normalized spacial score (nSPS) is 20.6. The van der Waals surface area contributed by atoms with Crippen molar-refractivity contribution in [2.45, 2.75) is 26.2 Å². The van der Waals surface area contributed by atoms with Crippen molar-refractivity contribution in [1.82, 2.24) is 4.90 Å². The molecule has 0 spiro atoms. The number of aliphatic hydroxyl groups is 1. The summed E-state index contributed by atoms with van der Waals surface area (Å²) in [6, 6.07) is 10.5. The second-order valence-corrected chi connectivity index (χ2v) is 8.56. The summed E-state index contributed by atoms with van der Waals surface area (Å²) in [7, 11) is 1.67. The van der Waals surface area contributed by atoms with E-state index >= 15 is 0 Å². The lowest BCUT2D eigenvalue weighted by atomic mass is 9.92. The Balaban J connectivity index is 1.50. The number of methoxy groups -OCH3 is 1. The zero-order valence-electron chi connectivity index (χ0n) is 17.4. The maximum Gasteiger partial charge on any atom is 0.222 e. The van der Waals surface area contributed by atoms with Gasteiger partial charge < -0.3 is 19.5 Å². The van der Waals surface area contributed by atoms with Gasteiger partial charge in [0.15, 0.2) is 0 Å². The highest BCUT2D eigenvalue weighted by atomic mass is 79.9.